The molecule has 5 nitrogen and oxygen atoms in total. The zero-order chi connectivity index (χ0) is 13.8. The van der Waals surface area contributed by atoms with Gasteiger partial charge in [0.25, 0.3) is 0 Å². The first-order valence-electron chi connectivity index (χ1n) is 7.08. The van der Waals surface area contributed by atoms with E-state index in [1.165, 1.54) is 0 Å². The molecule has 2 saturated carbocycles. The Morgan fingerprint density at radius 2 is 1.63 bits per heavy atom. The molecule has 3 aliphatic rings. The van der Waals surface area contributed by atoms with E-state index in [4.69, 9.17) is 0 Å². The molecule has 3 rings (SSSR count). The molecular weight excluding hydrogens is 246 g/mol. The molecule has 2 amide bonds. The highest BCUT2D eigenvalue weighted by molar-refractivity contribution is 6.09. The van der Waals surface area contributed by atoms with Crippen molar-refractivity contribution < 1.29 is 19.5 Å². The number of carbonyl (C=O) groups is 3. The van der Waals surface area contributed by atoms with Crippen LogP contribution in [0, 0.1) is 17.8 Å². The minimum atomic E-state index is -1.25. The Labute approximate surface area is 112 Å². The molecule has 0 bridgehead atoms. The van der Waals surface area contributed by atoms with Crippen molar-refractivity contribution in [2.24, 2.45) is 17.8 Å². The number of aliphatic carboxylic acids is 1. The van der Waals surface area contributed by atoms with E-state index in [2.05, 4.69) is 0 Å². The molecule has 104 valence electrons. The summed E-state index contributed by atoms with van der Waals surface area (Å²) in [4.78, 5) is 37.7. The number of fused-ring (bicyclic) bond motifs is 1. The second-order valence-corrected chi connectivity index (χ2v) is 6.35. The van der Waals surface area contributed by atoms with Gasteiger partial charge in [0.05, 0.1) is 11.8 Å². The number of hydrogen-bond donors (Lipinski definition) is 1. The number of hydrogen-bond acceptors (Lipinski definition) is 3. The fourth-order valence-corrected chi connectivity index (χ4v) is 4.19. The topological polar surface area (TPSA) is 74.7 Å². The summed E-state index contributed by atoms with van der Waals surface area (Å²) in [6.07, 6.45) is 3.82. The Morgan fingerprint density at radius 3 is 2.05 bits per heavy atom. The van der Waals surface area contributed by atoms with E-state index >= 15 is 0 Å². The fourth-order valence-electron chi connectivity index (χ4n) is 4.19. The largest absolute Gasteiger partial charge is 0.479 e. The Balaban J connectivity index is 1.96. The third-order valence-electron chi connectivity index (χ3n) is 5.13. The lowest BCUT2D eigenvalue weighted by Crippen LogP contribution is -2.56. The molecule has 0 aromatic heterocycles. The van der Waals surface area contributed by atoms with Crippen LogP contribution in [0.3, 0.4) is 0 Å². The van der Waals surface area contributed by atoms with Gasteiger partial charge in [0.1, 0.15) is 5.54 Å². The maximum atomic E-state index is 12.5. The third-order valence-corrected chi connectivity index (χ3v) is 5.13. The Kier molecular flexibility index (Phi) is 2.69. The lowest BCUT2D eigenvalue weighted by Gasteiger charge is -2.34. The van der Waals surface area contributed by atoms with Crippen molar-refractivity contribution in [3.05, 3.63) is 0 Å². The first kappa shape index (κ1) is 12.6. The molecule has 1 N–H and O–H groups in total. The number of nitrogens with zero attached hydrogens (tertiary/aromatic N) is 1. The van der Waals surface area contributed by atoms with Crippen molar-refractivity contribution in [1.29, 1.82) is 0 Å². The van der Waals surface area contributed by atoms with E-state index in [1.807, 2.05) is 6.92 Å². The molecule has 1 heterocycles. The second kappa shape index (κ2) is 4.05. The van der Waals surface area contributed by atoms with Crippen LogP contribution in [0.1, 0.15) is 45.4 Å². The van der Waals surface area contributed by atoms with Crippen LogP contribution in [0.5, 0.6) is 0 Å². The van der Waals surface area contributed by atoms with Gasteiger partial charge in [-0.05, 0) is 31.6 Å². The van der Waals surface area contributed by atoms with Crippen LogP contribution in [0.15, 0.2) is 0 Å². The molecule has 0 spiro atoms. The summed E-state index contributed by atoms with van der Waals surface area (Å²) in [5, 5.41) is 9.53. The van der Waals surface area contributed by atoms with Crippen LogP contribution in [0.4, 0.5) is 0 Å². The zero-order valence-corrected chi connectivity index (χ0v) is 11.1. The van der Waals surface area contributed by atoms with Crippen LogP contribution in [-0.4, -0.2) is 33.3 Å². The molecule has 1 aliphatic heterocycles. The van der Waals surface area contributed by atoms with E-state index < -0.39 is 11.5 Å². The Bertz CT molecular complexity index is 428. The number of carboxylic acid groups (broad SMARTS) is 1. The predicted molar refractivity (Wildman–Crippen MR) is 66.1 cm³/mol. The zero-order valence-electron chi connectivity index (χ0n) is 11.1. The molecule has 2 aliphatic carbocycles. The third kappa shape index (κ3) is 1.56. The normalized spacial score (nSPS) is 36.9. The van der Waals surface area contributed by atoms with Crippen molar-refractivity contribution >= 4 is 17.8 Å². The molecule has 2 unspecified atom stereocenters. The number of carbonyl (C=O) groups excluding carboxylic acids is 2. The van der Waals surface area contributed by atoms with Gasteiger partial charge in [-0.2, -0.15) is 0 Å². The van der Waals surface area contributed by atoms with Crippen molar-refractivity contribution in [1.82, 2.24) is 4.90 Å². The van der Waals surface area contributed by atoms with Crippen LogP contribution in [-0.2, 0) is 14.4 Å². The van der Waals surface area contributed by atoms with E-state index in [1.54, 1.807) is 0 Å². The number of likely N-dealkylation sites (tertiary alicyclic amines) is 1. The van der Waals surface area contributed by atoms with Gasteiger partial charge in [-0.15, -0.1) is 0 Å². The summed E-state index contributed by atoms with van der Waals surface area (Å²) < 4.78 is 0. The summed E-state index contributed by atoms with van der Waals surface area (Å²) in [5.41, 5.74) is -1.25. The SMILES string of the molecule is CC1CC2C(=O)N(C3(C(=O)O)CCCC3)C(=O)C2C1. The van der Waals surface area contributed by atoms with Crippen molar-refractivity contribution in [3.8, 4) is 0 Å². The van der Waals surface area contributed by atoms with Gasteiger partial charge in [-0.3, -0.25) is 14.5 Å². The van der Waals surface area contributed by atoms with Gasteiger partial charge in [0.2, 0.25) is 11.8 Å². The van der Waals surface area contributed by atoms with Crippen LogP contribution in [0.25, 0.3) is 0 Å². The first-order valence-corrected chi connectivity index (χ1v) is 7.08. The molecule has 0 aromatic carbocycles. The molecule has 2 atom stereocenters. The molecule has 0 aromatic rings. The number of carboxylic acids is 1. The molecular formula is C14H19NO4. The van der Waals surface area contributed by atoms with Gasteiger partial charge in [0.15, 0.2) is 0 Å². The monoisotopic (exact) mass is 265 g/mol. The molecule has 5 heteroatoms. The average Bonchev–Trinajstić information content (AvgIpc) is 3.00. The number of rotatable bonds is 2. The number of imide groups is 1. The van der Waals surface area contributed by atoms with Gasteiger partial charge in [-0.25, -0.2) is 4.79 Å². The van der Waals surface area contributed by atoms with Gasteiger partial charge in [0, 0.05) is 0 Å². The minimum absolute atomic E-state index is 0.233. The summed E-state index contributed by atoms with van der Waals surface area (Å²) in [7, 11) is 0. The summed E-state index contributed by atoms with van der Waals surface area (Å²) in [5.74, 6) is -1.62. The van der Waals surface area contributed by atoms with Crippen LogP contribution in [0.2, 0.25) is 0 Å². The molecule has 3 fully saturated rings. The van der Waals surface area contributed by atoms with Crippen LogP contribution < -0.4 is 0 Å². The minimum Gasteiger partial charge on any atom is -0.479 e. The van der Waals surface area contributed by atoms with E-state index in [-0.39, 0.29) is 23.7 Å². The average molecular weight is 265 g/mol. The predicted octanol–water partition coefficient (Wildman–Crippen LogP) is 1.41. The van der Waals surface area contributed by atoms with Gasteiger partial charge < -0.3 is 5.11 Å². The van der Waals surface area contributed by atoms with Crippen molar-refractivity contribution in [2.75, 3.05) is 0 Å². The Morgan fingerprint density at radius 1 is 1.16 bits per heavy atom. The fraction of sp³-hybridized carbons (Fsp3) is 0.786. The van der Waals surface area contributed by atoms with Gasteiger partial charge in [-0.1, -0.05) is 19.8 Å². The van der Waals surface area contributed by atoms with E-state index in [0.717, 1.165) is 30.6 Å². The lowest BCUT2D eigenvalue weighted by molar-refractivity contribution is -0.163. The maximum Gasteiger partial charge on any atom is 0.330 e. The molecule has 0 radical (unpaired) electrons. The smallest absolute Gasteiger partial charge is 0.330 e. The Hall–Kier alpha value is -1.39. The number of amides is 2. The summed E-state index contributed by atoms with van der Waals surface area (Å²) in [6, 6.07) is 0. The second-order valence-electron chi connectivity index (χ2n) is 6.35. The quantitative estimate of drug-likeness (QED) is 0.766. The van der Waals surface area contributed by atoms with Crippen LogP contribution >= 0.6 is 0 Å². The molecule has 1 saturated heterocycles. The maximum absolute atomic E-state index is 12.5. The van der Waals surface area contributed by atoms with E-state index in [0.29, 0.717) is 18.8 Å². The highest BCUT2D eigenvalue weighted by Crippen LogP contribution is 2.48. The summed E-state index contributed by atoms with van der Waals surface area (Å²) >= 11 is 0. The highest BCUT2D eigenvalue weighted by atomic mass is 16.4. The lowest BCUT2D eigenvalue weighted by atomic mass is 9.94. The first-order chi connectivity index (χ1) is 8.97. The van der Waals surface area contributed by atoms with E-state index in [9.17, 15) is 19.5 Å². The van der Waals surface area contributed by atoms with Crippen molar-refractivity contribution in [2.45, 2.75) is 51.0 Å². The molecule has 19 heavy (non-hydrogen) atoms. The standard InChI is InChI=1S/C14H19NO4/c1-8-6-9-10(7-8)12(17)15(11(9)16)14(13(18)19)4-2-3-5-14/h8-10H,2-7H2,1H3,(H,18,19). The summed E-state index contributed by atoms with van der Waals surface area (Å²) in [6.45, 7) is 2.05. The van der Waals surface area contributed by atoms with Crippen molar-refractivity contribution in [3.63, 3.8) is 0 Å². The highest BCUT2D eigenvalue weighted by Gasteiger charge is 2.61. The van der Waals surface area contributed by atoms with Gasteiger partial charge >= 0.3 is 5.97 Å².